The second kappa shape index (κ2) is 7.44. The molecule has 0 saturated heterocycles. The molecule has 2 heterocycles. The summed E-state index contributed by atoms with van der Waals surface area (Å²) in [5.74, 6) is -0.492. The Hall–Kier alpha value is -2.73. The van der Waals surface area contributed by atoms with Crippen LogP contribution in [0.2, 0.25) is 0 Å². The van der Waals surface area contributed by atoms with Crippen LogP contribution < -0.4 is 5.56 Å². The van der Waals surface area contributed by atoms with E-state index in [1.807, 2.05) is 37.3 Å². The highest BCUT2D eigenvalue weighted by Crippen LogP contribution is 2.11. The predicted octanol–water partition coefficient (Wildman–Crippen LogP) is 3.52. The minimum atomic E-state index is -0.492. The van der Waals surface area contributed by atoms with Crippen molar-refractivity contribution >= 4 is 33.6 Å². The van der Waals surface area contributed by atoms with Crippen LogP contribution >= 0.6 is 15.9 Å². The summed E-state index contributed by atoms with van der Waals surface area (Å²) in [6.07, 6.45) is 4.74. The first-order chi connectivity index (χ1) is 12.0. The Balaban J connectivity index is 1.67. The van der Waals surface area contributed by atoms with Crippen LogP contribution in [0.4, 0.5) is 0 Å². The summed E-state index contributed by atoms with van der Waals surface area (Å²) in [4.78, 5) is 28.3. The van der Waals surface area contributed by atoms with Gasteiger partial charge in [0.05, 0.1) is 5.69 Å². The van der Waals surface area contributed by atoms with Gasteiger partial charge in [-0.3, -0.25) is 9.20 Å². The van der Waals surface area contributed by atoms with E-state index in [2.05, 4.69) is 20.9 Å². The molecule has 0 aliphatic rings. The quantitative estimate of drug-likeness (QED) is 0.498. The molecule has 0 bridgehead atoms. The molecule has 0 saturated carbocycles. The highest BCUT2D eigenvalue weighted by Gasteiger charge is 2.05. The van der Waals surface area contributed by atoms with Crippen LogP contribution in [0, 0.1) is 6.92 Å². The first-order valence-electron chi connectivity index (χ1n) is 7.60. The van der Waals surface area contributed by atoms with E-state index in [1.54, 1.807) is 18.3 Å². The molecule has 0 unspecified atom stereocenters. The van der Waals surface area contributed by atoms with Gasteiger partial charge in [0.15, 0.2) is 0 Å². The Bertz CT molecular complexity index is 1010. The average molecular weight is 399 g/mol. The van der Waals surface area contributed by atoms with Gasteiger partial charge in [-0.25, -0.2) is 9.78 Å². The van der Waals surface area contributed by atoms with Gasteiger partial charge in [-0.05, 0) is 42.3 Å². The number of esters is 1. The SMILES string of the molecule is Cc1ccc2nc(COC(=O)/C=C/c3ccc(Br)cc3)cc(=O)n2c1. The lowest BCUT2D eigenvalue weighted by atomic mass is 10.2. The number of nitrogens with zero attached hydrogens (tertiary/aromatic N) is 2. The molecule has 0 amide bonds. The van der Waals surface area contributed by atoms with Crippen molar-refractivity contribution in [1.29, 1.82) is 0 Å². The van der Waals surface area contributed by atoms with Crippen molar-refractivity contribution in [1.82, 2.24) is 9.38 Å². The van der Waals surface area contributed by atoms with Gasteiger partial charge in [-0.15, -0.1) is 0 Å². The van der Waals surface area contributed by atoms with Crippen molar-refractivity contribution < 1.29 is 9.53 Å². The number of aromatic nitrogens is 2. The number of rotatable bonds is 4. The molecule has 1 aromatic carbocycles. The maximum absolute atomic E-state index is 12.1. The lowest BCUT2D eigenvalue weighted by Crippen LogP contribution is -2.16. The summed E-state index contributed by atoms with van der Waals surface area (Å²) >= 11 is 3.35. The molecular weight excluding hydrogens is 384 g/mol. The maximum Gasteiger partial charge on any atom is 0.331 e. The molecule has 0 aliphatic carbocycles. The van der Waals surface area contributed by atoms with Gasteiger partial charge in [-0.2, -0.15) is 0 Å². The minimum Gasteiger partial charge on any atom is -0.456 e. The third-order valence-corrected chi connectivity index (χ3v) is 4.03. The van der Waals surface area contributed by atoms with Crippen LogP contribution in [0.15, 0.2) is 64.0 Å². The van der Waals surface area contributed by atoms with E-state index < -0.39 is 5.97 Å². The van der Waals surface area contributed by atoms with Crippen LogP contribution in [0.5, 0.6) is 0 Å². The molecule has 6 heteroatoms. The van der Waals surface area contributed by atoms with Crippen molar-refractivity contribution in [3.8, 4) is 0 Å². The van der Waals surface area contributed by atoms with Crippen LogP contribution in [-0.2, 0) is 16.1 Å². The largest absolute Gasteiger partial charge is 0.456 e. The van der Waals surface area contributed by atoms with Gasteiger partial charge in [0, 0.05) is 22.8 Å². The fourth-order valence-electron chi connectivity index (χ4n) is 2.26. The van der Waals surface area contributed by atoms with Crippen LogP contribution in [0.1, 0.15) is 16.8 Å². The van der Waals surface area contributed by atoms with Crippen LogP contribution in [0.25, 0.3) is 11.7 Å². The number of aryl methyl sites for hydroxylation is 1. The number of carbonyl (C=O) groups excluding carboxylic acids is 1. The summed E-state index contributed by atoms with van der Waals surface area (Å²) < 4.78 is 7.59. The van der Waals surface area contributed by atoms with Crippen molar-refractivity contribution in [3.63, 3.8) is 0 Å². The van der Waals surface area contributed by atoms with Gasteiger partial charge >= 0.3 is 5.97 Å². The lowest BCUT2D eigenvalue weighted by molar-refractivity contribution is -0.139. The van der Waals surface area contributed by atoms with Crippen molar-refractivity contribution in [2.24, 2.45) is 0 Å². The fourth-order valence-corrected chi connectivity index (χ4v) is 2.53. The highest BCUT2D eigenvalue weighted by molar-refractivity contribution is 9.10. The van der Waals surface area contributed by atoms with Crippen molar-refractivity contribution in [2.45, 2.75) is 13.5 Å². The predicted molar refractivity (Wildman–Crippen MR) is 99.2 cm³/mol. The maximum atomic E-state index is 12.1. The molecule has 0 radical (unpaired) electrons. The Morgan fingerprint density at radius 1 is 1.24 bits per heavy atom. The third-order valence-electron chi connectivity index (χ3n) is 3.50. The number of carbonyl (C=O) groups is 1. The number of hydrogen-bond donors (Lipinski definition) is 0. The van der Waals surface area contributed by atoms with E-state index >= 15 is 0 Å². The second-order valence-corrected chi connectivity index (χ2v) is 6.43. The first-order valence-corrected chi connectivity index (χ1v) is 8.40. The van der Waals surface area contributed by atoms with E-state index in [0.717, 1.165) is 15.6 Å². The van der Waals surface area contributed by atoms with E-state index in [1.165, 1.54) is 16.5 Å². The lowest BCUT2D eigenvalue weighted by Gasteiger charge is -2.05. The number of fused-ring (bicyclic) bond motifs is 1. The van der Waals surface area contributed by atoms with Crippen molar-refractivity contribution in [3.05, 3.63) is 86.4 Å². The Labute approximate surface area is 152 Å². The normalized spacial score (nSPS) is 11.1. The first kappa shape index (κ1) is 17.1. The zero-order valence-electron chi connectivity index (χ0n) is 13.5. The molecule has 0 spiro atoms. The zero-order valence-corrected chi connectivity index (χ0v) is 15.1. The molecule has 126 valence electrons. The summed E-state index contributed by atoms with van der Waals surface area (Å²) in [5, 5.41) is 0. The van der Waals surface area contributed by atoms with Crippen molar-refractivity contribution in [2.75, 3.05) is 0 Å². The number of pyridine rings is 1. The molecule has 0 fully saturated rings. The molecule has 3 rings (SSSR count). The van der Waals surface area contributed by atoms with E-state index in [4.69, 9.17) is 4.74 Å². The standard InChI is InChI=1S/C19H15BrN2O3/c1-13-2-8-17-21-16(10-18(23)22(17)11-13)12-25-19(24)9-5-14-3-6-15(20)7-4-14/h2-11H,12H2,1H3/b9-5+. The molecule has 0 N–H and O–H groups in total. The van der Waals surface area contributed by atoms with E-state index in [0.29, 0.717) is 11.3 Å². The van der Waals surface area contributed by atoms with Gasteiger partial charge in [0.2, 0.25) is 0 Å². The zero-order chi connectivity index (χ0) is 17.8. The molecule has 0 aliphatic heterocycles. The van der Waals surface area contributed by atoms with Gasteiger partial charge < -0.3 is 4.74 Å². The van der Waals surface area contributed by atoms with Crippen LogP contribution in [0.3, 0.4) is 0 Å². The monoisotopic (exact) mass is 398 g/mol. The molecule has 3 aromatic rings. The average Bonchev–Trinajstić information content (AvgIpc) is 2.60. The third kappa shape index (κ3) is 4.42. The Morgan fingerprint density at radius 3 is 2.76 bits per heavy atom. The molecule has 0 atom stereocenters. The molecule has 5 nitrogen and oxygen atoms in total. The highest BCUT2D eigenvalue weighted by atomic mass is 79.9. The number of benzene rings is 1. The Morgan fingerprint density at radius 2 is 2.00 bits per heavy atom. The van der Waals surface area contributed by atoms with E-state index in [-0.39, 0.29) is 12.2 Å². The topological polar surface area (TPSA) is 60.7 Å². The Kier molecular flexibility index (Phi) is 5.09. The molecule has 25 heavy (non-hydrogen) atoms. The summed E-state index contributed by atoms with van der Waals surface area (Å²) in [5.41, 5.74) is 2.59. The molecule has 2 aromatic heterocycles. The van der Waals surface area contributed by atoms with E-state index in [9.17, 15) is 9.59 Å². The summed E-state index contributed by atoms with van der Waals surface area (Å²) in [6, 6.07) is 12.5. The second-order valence-electron chi connectivity index (χ2n) is 5.51. The number of hydrogen-bond acceptors (Lipinski definition) is 4. The van der Waals surface area contributed by atoms with Gasteiger partial charge in [-0.1, -0.05) is 34.1 Å². The summed E-state index contributed by atoms with van der Waals surface area (Å²) in [6.45, 7) is 1.85. The smallest absolute Gasteiger partial charge is 0.331 e. The molecular formula is C19H15BrN2O3. The van der Waals surface area contributed by atoms with Gasteiger partial charge in [0.25, 0.3) is 5.56 Å². The summed E-state index contributed by atoms with van der Waals surface area (Å²) in [7, 11) is 0. The number of ether oxygens (including phenoxy) is 1. The number of halogens is 1. The van der Waals surface area contributed by atoms with Crippen LogP contribution in [-0.4, -0.2) is 15.4 Å². The fraction of sp³-hybridized carbons (Fsp3) is 0.105. The minimum absolute atomic E-state index is 0.0525. The van der Waals surface area contributed by atoms with Gasteiger partial charge in [0.1, 0.15) is 12.3 Å².